The number of hydrogen-bond donors (Lipinski definition) is 1. The highest BCUT2D eigenvalue weighted by molar-refractivity contribution is 6.30. The van der Waals surface area contributed by atoms with Crippen LogP contribution in [-0.2, 0) is 22.6 Å². The van der Waals surface area contributed by atoms with E-state index in [4.69, 9.17) is 16.3 Å². The number of halogens is 1. The first kappa shape index (κ1) is 27.3. The van der Waals surface area contributed by atoms with Crippen LogP contribution in [0.15, 0.2) is 78.9 Å². The van der Waals surface area contributed by atoms with Gasteiger partial charge in [-0.05, 0) is 62.6 Å². The lowest BCUT2D eigenvalue weighted by atomic mass is 10.0. The summed E-state index contributed by atoms with van der Waals surface area (Å²) in [4.78, 5) is 28.6. The van der Waals surface area contributed by atoms with Crippen molar-refractivity contribution in [3.05, 3.63) is 101 Å². The lowest BCUT2D eigenvalue weighted by molar-refractivity contribution is -0.141. The van der Waals surface area contributed by atoms with Crippen molar-refractivity contribution in [3.8, 4) is 5.75 Å². The van der Waals surface area contributed by atoms with Crippen LogP contribution in [0.5, 0.6) is 5.75 Å². The van der Waals surface area contributed by atoms with Gasteiger partial charge >= 0.3 is 0 Å². The van der Waals surface area contributed by atoms with Crippen molar-refractivity contribution < 1.29 is 14.3 Å². The largest absolute Gasteiger partial charge is 0.494 e. The minimum atomic E-state index is -0.653. The van der Waals surface area contributed by atoms with Gasteiger partial charge in [-0.15, -0.1) is 0 Å². The van der Waals surface area contributed by atoms with Crippen LogP contribution < -0.4 is 10.1 Å². The molecule has 0 saturated heterocycles. The van der Waals surface area contributed by atoms with Crippen LogP contribution in [0, 0.1) is 6.92 Å². The van der Waals surface area contributed by atoms with E-state index < -0.39 is 6.04 Å². The van der Waals surface area contributed by atoms with Crippen molar-refractivity contribution in [2.45, 2.75) is 58.7 Å². The topological polar surface area (TPSA) is 58.6 Å². The zero-order valence-electron chi connectivity index (χ0n) is 21.2. The molecule has 0 aliphatic rings. The molecule has 1 atom stereocenters. The van der Waals surface area contributed by atoms with Gasteiger partial charge in [0, 0.05) is 30.5 Å². The number of nitrogens with one attached hydrogen (secondary N) is 1. The lowest BCUT2D eigenvalue weighted by Crippen LogP contribution is -2.51. The van der Waals surface area contributed by atoms with Crippen molar-refractivity contribution in [3.63, 3.8) is 0 Å². The predicted molar refractivity (Wildman–Crippen MR) is 145 cm³/mol. The van der Waals surface area contributed by atoms with Gasteiger partial charge in [0.15, 0.2) is 0 Å². The monoisotopic (exact) mass is 506 g/mol. The fourth-order valence-corrected chi connectivity index (χ4v) is 4.17. The summed E-state index contributed by atoms with van der Waals surface area (Å²) in [7, 11) is 0. The number of nitrogens with zero attached hydrogens (tertiary/aromatic N) is 1. The molecule has 0 aliphatic carbocycles. The van der Waals surface area contributed by atoms with Crippen LogP contribution in [0.4, 0.5) is 0 Å². The van der Waals surface area contributed by atoms with Crippen molar-refractivity contribution in [1.29, 1.82) is 0 Å². The molecule has 0 aliphatic heterocycles. The Bertz CT molecular complexity index is 1120. The van der Waals surface area contributed by atoms with E-state index in [-0.39, 0.29) is 24.3 Å². The van der Waals surface area contributed by atoms with Gasteiger partial charge in [0.1, 0.15) is 11.8 Å². The summed E-state index contributed by atoms with van der Waals surface area (Å²) in [6.45, 7) is 6.58. The smallest absolute Gasteiger partial charge is 0.243 e. The maximum absolute atomic E-state index is 13.6. The molecule has 36 heavy (non-hydrogen) atoms. The number of ether oxygens (including phenoxy) is 1. The SMILES string of the molecule is Cc1ccc(OCCCC(=O)N(Cc2cccc(Cl)c2)[C@H](Cc2ccccc2)C(=O)NC(C)C)cc1. The number of aryl methyl sites for hydroxylation is 1. The second-order valence-electron chi connectivity index (χ2n) is 9.29. The molecule has 3 aromatic carbocycles. The molecular weight excluding hydrogens is 472 g/mol. The van der Waals surface area contributed by atoms with E-state index in [1.54, 1.807) is 11.0 Å². The van der Waals surface area contributed by atoms with Gasteiger partial charge in [0.05, 0.1) is 6.61 Å². The van der Waals surface area contributed by atoms with Crippen molar-refractivity contribution in [2.24, 2.45) is 0 Å². The molecule has 0 spiro atoms. The van der Waals surface area contributed by atoms with E-state index in [1.165, 1.54) is 5.56 Å². The molecule has 3 rings (SSSR count). The van der Waals surface area contributed by atoms with Gasteiger partial charge in [-0.25, -0.2) is 0 Å². The fourth-order valence-electron chi connectivity index (χ4n) is 3.96. The molecule has 0 fully saturated rings. The number of benzene rings is 3. The summed E-state index contributed by atoms with van der Waals surface area (Å²) in [5, 5.41) is 3.60. The second-order valence-corrected chi connectivity index (χ2v) is 9.72. The van der Waals surface area contributed by atoms with Crippen LogP contribution in [0.3, 0.4) is 0 Å². The van der Waals surface area contributed by atoms with Gasteiger partial charge < -0.3 is 15.0 Å². The molecule has 0 radical (unpaired) electrons. The highest BCUT2D eigenvalue weighted by Crippen LogP contribution is 2.19. The van der Waals surface area contributed by atoms with Gasteiger partial charge in [-0.2, -0.15) is 0 Å². The Morgan fingerprint density at radius 1 is 0.944 bits per heavy atom. The summed E-state index contributed by atoms with van der Waals surface area (Å²) < 4.78 is 5.81. The van der Waals surface area contributed by atoms with E-state index in [0.29, 0.717) is 31.0 Å². The molecule has 3 aromatic rings. The zero-order valence-corrected chi connectivity index (χ0v) is 22.0. The van der Waals surface area contributed by atoms with E-state index in [9.17, 15) is 9.59 Å². The molecule has 0 bridgehead atoms. The summed E-state index contributed by atoms with van der Waals surface area (Å²) in [6, 6.07) is 24.3. The third-order valence-corrected chi connectivity index (χ3v) is 6.00. The maximum atomic E-state index is 13.6. The van der Waals surface area contributed by atoms with Crippen molar-refractivity contribution >= 4 is 23.4 Å². The lowest BCUT2D eigenvalue weighted by Gasteiger charge is -2.32. The molecule has 190 valence electrons. The fraction of sp³-hybridized carbons (Fsp3) is 0.333. The van der Waals surface area contributed by atoms with Crippen LogP contribution in [0.1, 0.15) is 43.4 Å². The van der Waals surface area contributed by atoms with Crippen LogP contribution >= 0.6 is 11.6 Å². The average molecular weight is 507 g/mol. The Balaban J connectivity index is 1.78. The quantitative estimate of drug-likeness (QED) is 0.308. The summed E-state index contributed by atoms with van der Waals surface area (Å²) in [6.07, 6.45) is 1.24. The number of carbonyl (C=O) groups excluding carboxylic acids is 2. The molecule has 6 heteroatoms. The Kier molecular flexibility index (Phi) is 10.4. The Labute approximate surface area is 219 Å². The van der Waals surface area contributed by atoms with Gasteiger partial charge in [0.25, 0.3) is 0 Å². The van der Waals surface area contributed by atoms with Gasteiger partial charge in [-0.1, -0.05) is 71.8 Å². The highest BCUT2D eigenvalue weighted by atomic mass is 35.5. The van der Waals surface area contributed by atoms with E-state index in [2.05, 4.69) is 5.32 Å². The summed E-state index contributed by atoms with van der Waals surface area (Å²) >= 11 is 6.22. The molecule has 0 heterocycles. The number of carbonyl (C=O) groups is 2. The third-order valence-electron chi connectivity index (χ3n) is 5.77. The van der Waals surface area contributed by atoms with Crippen molar-refractivity contribution in [1.82, 2.24) is 10.2 Å². The van der Waals surface area contributed by atoms with Gasteiger partial charge in [0.2, 0.25) is 11.8 Å². The minimum absolute atomic E-state index is 0.0400. The highest BCUT2D eigenvalue weighted by Gasteiger charge is 2.30. The first-order valence-corrected chi connectivity index (χ1v) is 12.8. The number of rotatable bonds is 12. The van der Waals surface area contributed by atoms with Crippen LogP contribution in [-0.4, -0.2) is 35.4 Å². The molecular formula is C30H35ClN2O3. The normalized spacial score (nSPS) is 11.7. The second kappa shape index (κ2) is 13.7. The van der Waals surface area contributed by atoms with Crippen molar-refractivity contribution in [2.75, 3.05) is 6.61 Å². The standard InChI is InChI=1S/C30H35ClN2O3/c1-22(2)32-30(35)28(20-24-9-5-4-6-10-24)33(21-25-11-7-12-26(31)19-25)29(34)13-8-18-36-27-16-14-23(3)15-17-27/h4-7,9-12,14-17,19,22,28H,8,13,18,20-21H2,1-3H3,(H,32,35)/t28-/m1/s1. The Morgan fingerprint density at radius 2 is 1.64 bits per heavy atom. The van der Waals surface area contributed by atoms with Gasteiger partial charge in [-0.3, -0.25) is 9.59 Å². The van der Waals surface area contributed by atoms with E-state index >= 15 is 0 Å². The van der Waals surface area contributed by atoms with E-state index in [1.807, 2.05) is 93.6 Å². The van der Waals surface area contributed by atoms with Crippen LogP contribution in [0.2, 0.25) is 5.02 Å². The zero-order chi connectivity index (χ0) is 25.9. The number of amides is 2. The molecule has 0 saturated carbocycles. The summed E-state index contributed by atoms with van der Waals surface area (Å²) in [5.74, 6) is 0.518. The molecule has 1 N–H and O–H groups in total. The molecule has 0 unspecified atom stereocenters. The maximum Gasteiger partial charge on any atom is 0.243 e. The number of hydrogen-bond acceptors (Lipinski definition) is 3. The Morgan fingerprint density at radius 3 is 2.31 bits per heavy atom. The molecule has 0 aromatic heterocycles. The predicted octanol–water partition coefficient (Wildman–Crippen LogP) is 5.97. The van der Waals surface area contributed by atoms with Crippen LogP contribution in [0.25, 0.3) is 0 Å². The summed E-state index contributed by atoms with van der Waals surface area (Å²) in [5.41, 5.74) is 3.04. The molecule has 5 nitrogen and oxygen atoms in total. The minimum Gasteiger partial charge on any atom is -0.494 e. The van der Waals surface area contributed by atoms with E-state index in [0.717, 1.165) is 16.9 Å². The first-order chi connectivity index (χ1) is 17.3. The Hall–Kier alpha value is -3.31. The molecule has 2 amide bonds. The first-order valence-electron chi connectivity index (χ1n) is 12.4. The third kappa shape index (κ3) is 8.72. The average Bonchev–Trinajstić information content (AvgIpc) is 2.85.